The number of para-hydroxylation sites is 2. The van der Waals surface area contributed by atoms with Crippen LogP contribution in [0.3, 0.4) is 0 Å². The average Bonchev–Trinajstić information content (AvgIpc) is 2.93. The third-order valence-corrected chi connectivity index (χ3v) is 3.93. The Balaban J connectivity index is 2.39. The molecule has 0 aliphatic carbocycles. The lowest BCUT2D eigenvalue weighted by molar-refractivity contribution is 0.280. The highest BCUT2D eigenvalue weighted by atomic mass is 16.3. The maximum Gasteiger partial charge on any atom is 0.157 e. The van der Waals surface area contributed by atoms with Gasteiger partial charge in [0.15, 0.2) is 5.65 Å². The van der Waals surface area contributed by atoms with Gasteiger partial charge in [0.1, 0.15) is 11.9 Å². The molecule has 0 amide bonds. The normalized spacial score (nSPS) is 11.0. The van der Waals surface area contributed by atoms with Crippen molar-refractivity contribution in [1.82, 2.24) is 9.38 Å². The number of benzene rings is 1. The van der Waals surface area contributed by atoms with Gasteiger partial charge in [-0.1, -0.05) is 12.1 Å². The summed E-state index contributed by atoms with van der Waals surface area (Å²) in [5, 5.41) is 28.1. The number of imidazole rings is 1. The van der Waals surface area contributed by atoms with Gasteiger partial charge in [-0.15, -0.1) is 0 Å². The predicted molar refractivity (Wildman–Crippen MR) is 88.5 cm³/mol. The van der Waals surface area contributed by atoms with Crippen LogP contribution in [0, 0.1) is 18.3 Å². The van der Waals surface area contributed by atoms with E-state index in [4.69, 9.17) is 0 Å². The van der Waals surface area contributed by atoms with Gasteiger partial charge in [0.05, 0.1) is 29.8 Å². The zero-order valence-electron chi connectivity index (χ0n) is 12.9. The summed E-state index contributed by atoms with van der Waals surface area (Å²) in [6.07, 6.45) is 0. The Hall–Kier alpha value is -2.62. The fraction of sp³-hybridized carbons (Fsp3) is 0.294. The van der Waals surface area contributed by atoms with Crippen molar-refractivity contribution >= 4 is 22.5 Å². The van der Waals surface area contributed by atoms with E-state index >= 15 is 0 Å². The van der Waals surface area contributed by atoms with E-state index in [1.54, 1.807) is 0 Å². The minimum absolute atomic E-state index is 0.0207. The molecule has 2 N–H and O–H groups in total. The van der Waals surface area contributed by atoms with E-state index in [2.05, 4.69) is 11.1 Å². The Kier molecular flexibility index (Phi) is 4.15. The van der Waals surface area contributed by atoms with Gasteiger partial charge in [-0.25, -0.2) is 4.98 Å². The highest BCUT2D eigenvalue weighted by Gasteiger charge is 2.18. The van der Waals surface area contributed by atoms with Crippen molar-refractivity contribution in [3.05, 3.63) is 41.5 Å². The fourth-order valence-electron chi connectivity index (χ4n) is 2.89. The van der Waals surface area contributed by atoms with Crippen molar-refractivity contribution in [1.29, 1.82) is 5.26 Å². The number of fused-ring (bicyclic) bond motifs is 3. The Labute approximate surface area is 133 Å². The zero-order valence-corrected chi connectivity index (χ0v) is 12.9. The number of aryl methyl sites for hydroxylation is 1. The number of hydrogen-bond acceptors (Lipinski definition) is 5. The molecule has 118 valence electrons. The standard InChI is InChI=1S/C17H18N4O2/c1-12-10-16(20(6-8-22)7-9-23)21-15-5-3-2-4-14(15)19-17(21)13(12)11-18/h2-5,10,22-23H,6-9H2,1H3. The number of aliphatic hydroxyl groups is 2. The first kappa shape index (κ1) is 15.3. The smallest absolute Gasteiger partial charge is 0.157 e. The summed E-state index contributed by atoms with van der Waals surface area (Å²) in [6.45, 7) is 2.62. The first-order valence-electron chi connectivity index (χ1n) is 7.48. The minimum Gasteiger partial charge on any atom is -0.395 e. The van der Waals surface area contributed by atoms with Crippen LogP contribution >= 0.6 is 0 Å². The van der Waals surface area contributed by atoms with E-state index < -0.39 is 0 Å². The van der Waals surface area contributed by atoms with Gasteiger partial charge in [-0.3, -0.25) is 4.40 Å². The van der Waals surface area contributed by atoms with Gasteiger partial charge in [0, 0.05) is 13.1 Å². The third kappa shape index (κ3) is 2.50. The zero-order chi connectivity index (χ0) is 16.4. The molecule has 0 bridgehead atoms. The molecular weight excluding hydrogens is 292 g/mol. The summed E-state index contributed by atoms with van der Waals surface area (Å²) in [5.41, 5.74) is 3.67. The van der Waals surface area contributed by atoms with E-state index in [1.807, 2.05) is 46.6 Å². The van der Waals surface area contributed by atoms with Crippen LogP contribution in [0.15, 0.2) is 30.3 Å². The van der Waals surface area contributed by atoms with Crippen LogP contribution in [0.25, 0.3) is 16.7 Å². The van der Waals surface area contributed by atoms with Crippen LogP contribution < -0.4 is 4.90 Å². The van der Waals surface area contributed by atoms with Gasteiger partial charge in [-0.2, -0.15) is 5.26 Å². The number of aliphatic hydroxyl groups excluding tert-OH is 2. The number of rotatable bonds is 5. The maximum absolute atomic E-state index is 9.48. The topological polar surface area (TPSA) is 84.8 Å². The molecule has 0 unspecified atom stereocenters. The number of aromatic nitrogens is 2. The van der Waals surface area contributed by atoms with Crippen LogP contribution in [0.5, 0.6) is 0 Å². The van der Waals surface area contributed by atoms with E-state index in [-0.39, 0.29) is 13.2 Å². The van der Waals surface area contributed by atoms with E-state index in [0.29, 0.717) is 24.3 Å². The summed E-state index contributed by atoms with van der Waals surface area (Å²) in [4.78, 5) is 6.50. The van der Waals surface area contributed by atoms with Crippen molar-refractivity contribution in [2.45, 2.75) is 6.92 Å². The van der Waals surface area contributed by atoms with Crippen LogP contribution in [0.1, 0.15) is 11.1 Å². The van der Waals surface area contributed by atoms with Crippen LogP contribution in [0.2, 0.25) is 0 Å². The highest BCUT2D eigenvalue weighted by Crippen LogP contribution is 2.28. The van der Waals surface area contributed by atoms with Crippen LogP contribution in [-0.2, 0) is 0 Å². The van der Waals surface area contributed by atoms with Gasteiger partial charge in [0.2, 0.25) is 0 Å². The fourth-order valence-corrected chi connectivity index (χ4v) is 2.89. The summed E-state index contributed by atoms with van der Waals surface area (Å²) in [6, 6.07) is 11.8. The second kappa shape index (κ2) is 6.24. The van der Waals surface area contributed by atoms with Crippen LogP contribution in [-0.4, -0.2) is 45.9 Å². The second-order valence-electron chi connectivity index (χ2n) is 5.37. The Morgan fingerprint density at radius 1 is 1.22 bits per heavy atom. The monoisotopic (exact) mass is 310 g/mol. The number of hydrogen-bond donors (Lipinski definition) is 2. The largest absolute Gasteiger partial charge is 0.395 e. The molecule has 0 atom stereocenters. The summed E-state index contributed by atoms with van der Waals surface area (Å²) in [5.74, 6) is 0.813. The van der Waals surface area contributed by atoms with Crippen LogP contribution in [0.4, 0.5) is 5.82 Å². The molecule has 3 aromatic rings. The Morgan fingerprint density at radius 2 is 1.91 bits per heavy atom. The first-order chi connectivity index (χ1) is 11.2. The molecule has 2 aromatic heterocycles. The number of nitrogens with zero attached hydrogens (tertiary/aromatic N) is 4. The van der Waals surface area contributed by atoms with E-state index in [9.17, 15) is 15.5 Å². The Bertz CT molecular complexity index is 889. The lowest BCUT2D eigenvalue weighted by Gasteiger charge is -2.25. The molecule has 0 saturated heterocycles. The highest BCUT2D eigenvalue weighted by molar-refractivity contribution is 5.85. The molecule has 23 heavy (non-hydrogen) atoms. The van der Waals surface area contributed by atoms with Crippen molar-refractivity contribution in [3.8, 4) is 6.07 Å². The number of nitriles is 1. The number of pyridine rings is 1. The lowest BCUT2D eigenvalue weighted by Crippen LogP contribution is -2.31. The average molecular weight is 310 g/mol. The van der Waals surface area contributed by atoms with E-state index in [0.717, 1.165) is 22.4 Å². The SMILES string of the molecule is Cc1cc(N(CCO)CCO)n2c(nc3ccccc32)c1C#N. The maximum atomic E-state index is 9.48. The molecule has 3 rings (SSSR count). The van der Waals surface area contributed by atoms with Gasteiger partial charge >= 0.3 is 0 Å². The van der Waals surface area contributed by atoms with Gasteiger partial charge in [0.25, 0.3) is 0 Å². The van der Waals surface area contributed by atoms with E-state index in [1.165, 1.54) is 0 Å². The third-order valence-electron chi connectivity index (χ3n) is 3.93. The summed E-state index contributed by atoms with van der Waals surface area (Å²) in [7, 11) is 0. The minimum atomic E-state index is -0.0207. The molecule has 6 heteroatoms. The predicted octanol–water partition coefficient (Wildman–Crippen LogP) is 1.46. The molecule has 1 aromatic carbocycles. The van der Waals surface area contributed by atoms with Crippen molar-refractivity contribution in [2.75, 3.05) is 31.2 Å². The summed E-state index contributed by atoms with van der Waals surface area (Å²) < 4.78 is 1.92. The van der Waals surface area contributed by atoms with Gasteiger partial charge < -0.3 is 15.1 Å². The van der Waals surface area contributed by atoms with Crippen molar-refractivity contribution in [3.63, 3.8) is 0 Å². The molecule has 0 saturated carbocycles. The lowest BCUT2D eigenvalue weighted by atomic mass is 10.1. The molecule has 0 fully saturated rings. The number of anilines is 1. The molecule has 2 heterocycles. The van der Waals surface area contributed by atoms with Crippen molar-refractivity contribution < 1.29 is 10.2 Å². The molecule has 0 spiro atoms. The first-order valence-corrected chi connectivity index (χ1v) is 7.48. The van der Waals surface area contributed by atoms with Gasteiger partial charge in [-0.05, 0) is 30.7 Å². The molecular formula is C17H18N4O2. The molecule has 0 aliphatic rings. The Morgan fingerprint density at radius 3 is 2.57 bits per heavy atom. The quantitative estimate of drug-likeness (QED) is 0.745. The van der Waals surface area contributed by atoms with Crippen molar-refractivity contribution in [2.24, 2.45) is 0 Å². The summed E-state index contributed by atoms with van der Waals surface area (Å²) >= 11 is 0. The molecule has 0 aliphatic heterocycles. The second-order valence-corrected chi connectivity index (χ2v) is 5.37. The molecule has 0 radical (unpaired) electrons. The molecule has 6 nitrogen and oxygen atoms in total.